The van der Waals surface area contributed by atoms with E-state index < -0.39 is 5.97 Å². The smallest absolute Gasteiger partial charge is 0.341 e. The number of rotatable bonds is 9. The van der Waals surface area contributed by atoms with Crippen LogP contribution in [0.5, 0.6) is 5.75 Å². The van der Waals surface area contributed by atoms with Crippen LogP contribution in [0.2, 0.25) is 0 Å². The van der Waals surface area contributed by atoms with E-state index in [4.69, 9.17) is 18.6 Å². The fourth-order valence-electron chi connectivity index (χ4n) is 2.49. The van der Waals surface area contributed by atoms with Gasteiger partial charge >= 0.3 is 5.97 Å². The number of carbonyl (C=O) groups is 1. The van der Waals surface area contributed by atoms with Crippen molar-refractivity contribution in [2.45, 2.75) is 19.9 Å². The first-order chi connectivity index (χ1) is 13.6. The SMILES string of the molecule is CN=C(NCc1cc(C(=O)OC)c(C)o1)Nc1cccc(OCCCOC)c1.I. The Balaban J connectivity index is 0.00000420. The van der Waals surface area contributed by atoms with Crippen molar-refractivity contribution in [3.05, 3.63) is 47.4 Å². The van der Waals surface area contributed by atoms with Gasteiger partial charge in [-0.15, -0.1) is 24.0 Å². The third kappa shape index (κ3) is 7.94. The van der Waals surface area contributed by atoms with Gasteiger partial charge in [0, 0.05) is 38.9 Å². The number of aryl methyl sites for hydroxylation is 1. The Kier molecular flexibility index (Phi) is 11.1. The summed E-state index contributed by atoms with van der Waals surface area (Å²) in [6.45, 7) is 3.34. The number of furan rings is 1. The fourth-order valence-corrected chi connectivity index (χ4v) is 2.49. The first-order valence-electron chi connectivity index (χ1n) is 8.94. The molecule has 0 atom stereocenters. The first-order valence-corrected chi connectivity index (χ1v) is 8.94. The largest absolute Gasteiger partial charge is 0.493 e. The summed E-state index contributed by atoms with van der Waals surface area (Å²) < 4.78 is 21.0. The summed E-state index contributed by atoms with van der Waals surface area (Å²) in [7, 11) is 4.69. The molecule has 0 aliphatic heterocycles. The molecule has 0 radical (unpaired) electrons. The van der Waals surface area contributed by atoms with Crippen LogP contribution in [-0.2, 0) is 16.0 Å². The van der Waals surface area contributed by atoms with Gasteiger partial charge in [-0.25, -0.2) is 4.79 Å². The van der Waals surface area contributed by atoms with Crippen LogP contribution in [-0.4, -0.2) is 46.4 Å². The normalized spacial score (nSPS) is 10.8. The lowest BCUT2D eigenvalue weighted by molar-refractivity contribution is 0.0599. The highest BCUT2D eigenvalue weighted by Crippen LogP contribution is 2.18. The van der Waals surface area contributed by atoms with Gasteiger partial charge in [0.15, 0.2) is 5.96 Å². The molecule has 2 aromatic rings. The predicted molar refractivity (Wildman–Crippen MR) is 122 cm³/mol. The van der Waals surface area contributed by atoms with Gasteiger partial charge in [-0.2, -0.15) is 0 Å². The number of guanidine groups is 1. The topological polar surface area (TPSA) is 94.3 Å². The molecule has 1 heterocycles. The number of nitrogens with zero attached hydrogens (tertiary/aromatic N) is 1. The van der Waals surface area contributed by atoms with Crippen LogP contribution in [0.15, 0.2) is 39.7 Å². The van der Waals surface area contributed by atoms with E-state index in [1.54, 1.807) is 27.1 Å². The lowest BCUT2D eigenvalue weighted by Gasteiger charge is -2.12. The minimum atomic E-state index is -0.419. The molecule has 0 spiro atoms. The van der Waals surface area contributed by atoms with E-state index in [9.17, 15) is 4.79 Å². The van der Waals surface area contributed by atoms with Gasteiger partial charge in [-0.1, -0.05) is 6.07 Å². The van der Waals surface area contributed by atoms with Crippen LogP contribution in [0.25, 0.3) is 0 Å². The molecular weight excluding hydrogens is 489 g/mol. The molecule has 0 bridgehead atoms. The van der Waals surface area contributed by atoms with E-state index in [0.29, 0.717) is 42.8 Å². The van der Waals surface area contributed by atoms with Gasteiger partial charge in [0.2, 0.25) is 0 Å². The summed E-state index contributed by atoms with van der Waals surface area (Å²) in [5.41, 5.74) is 1.25. The molecule has 0 saturated heterocycles. The predicted octanol–water partition coefficient (Wildman–Crippen LogP) is 3.60. The molecular formula is C20H28IN3O5. The third-order valence-corrected chi connectivity index (χ3v) is 3.89. The van der Waals surface area contributed by atoms with Crippen molar-refractivity contribution in [2.24, 2.45) is 4.99 Å². The van der Waals surface area contributed by atoms with Crippen LogP contribution in [0, 0.1) is 6.92 Å². The second-order valence-corrected chi connectivity index (χ2v) is 5.95. The zero-order chi connectivity index (χ0) is 20.4. The van der Waals surface area contributed by atoms with E-state index in [2.05, 4.69) is 15.6 Å². The van der Waals surface area contributed by atoms with Gasteiger partial charge in [0.05, 0.1) is 20.3 Å². The summed E-state index contributed by atoms with van der Waals surface area (Å²) in [5.74, 6) is 2.03. The number of aliphatic imine (C=N–C) groups is 1. The highest BCUT2D eigenvalue weighted by Gasteiger charge is 2.15. The summed E-state index contributed by atoms with van der Waals surface area (Å²) in [4.78, 5) is 15.9. The summed E-state index contributed by atoms with van der Waals surface area (Å²) in [6, 6.07) is 9.27. The monoisotopic (exact) mass is 517 g/mol. The zero-order valence-corrected chi connectivity index (χ0v) is 19.4. The van der Waals surface area contributed by atoms with Crippen LogP contribution in [0.4, 0.5) is 5.69 Å². The number of halogens is 1. The first kappa shape index (κ1) is 24.8. The highest BCUT2D eigenvalue weighted by molar-refractivity contribution is 14.0. The van der Waals surface area contributed by atoms with Crippen molar-refractivity contribution >= 4 is 41.6 Å². The van der Waals surface area contributed by atoms with E-state index in [1.165, 1.54) is 7.11 Å². The zero-order valence-electron chi connectivity index (χ0n) is 17.1. The molecule has 0 aliphatic carbocycles. The quantitative estimate of drug-likeness (QED) is 0.173. The average molecular weight is 517 g/mol. The molecule has 1 aromatic carbocycles. The summed E-state index contributed by atoms with van der Waals surface area (Å²) >= 11 is 0. The Labute approximate surface area is 188 Å². The number of hydrogen-bond acceptors (Lipinski definition) is 6. The van der Waals surface area contributed by atoms with Crippen LogP contribution >= 0.6 is 24.0 Å². The third-order valence-electron chi connectivity index (χ3n) is 3.89. The molecule has 0 fully saturated rings. The van der Waals surface area contributed by atoms with Crippen LogP contribution in [0.3, 0.4) is 0 Å². The van der Waals surface area contributed by atoms with Crippen molar-refractivity contribution in [1.82, 2.24) is 5.32 Å². The number of carbonyl (C=O) groups excluding carboxylic acids is 1. The van der Waals surface area contributed by atoms with Crippen molar-refractivity contribution in [1.29, 1.82) is 0 Å². The van der Waals surface area contributed by atoms with Gasteiger partial charge in [0.1, 0.15) is 22.8 Å². The second-order valence-electron chi connectivity index (χ2n) is 5.95. The van der Waals surface area contributed by atoms with E-state index >= 15 is 0 Å². The lowest BCUT2D eigenvalue weighted by atomic mass is 10.2. The van der Waals surface area contributed by atoms with Crippen LogP contribution in [0.1, 0.15) is 28.3 Å². The highest BCUT2D eigenvalue weighted by atomic mass is 127. The average Bonchev–Trinajstić information content (AvgIpc) is 3.08. The molecule has 29 heavy (non-hydrogen) atoms. The van der Waals surface area contributed by atoms with E-state index in [-0.39, 0.29) is 24.0 Å². The van der Waals surface area contributed by atoms with Crippen molar-refractivity contribution < 1.29 is 23.4 Å². The minimum absolute atomic E-state index is 0. The van der Waals surface area contributed by atoms with Gasteiger partial charge < -0.3 is 29.3 Å². The maximum atomic E-state index is 11.7. The maximum absolute atomic E-state index is 11.7. The Hall–Kier alpha value is -2.27. The Morgan fingerprint density at radius 2 is 2.00 bits per heavy atom. The fraction of sp³-hybridized carbons (Fsp3) is 0.400. The van der Waals surface area contributed by atoms with Crippen LogP contribution < -0.4 is 15.4 Å². The van der Waals surface area contributed by atoms with Gasteiger partial charge in [0.25, 0.3) is 0 Å². The van der Waals surface area contributed by atoms with Crippen molar-refractivity contribution in [3.63, 3.8) is 0 Å². The molecule has 0 amide bonds. The molecule has 0 aliphatic rings. The standard InChI is InChI=1S/C20H27N3O5.HI/c1-14-18(19(24)26-4)12-17(28-14)13-22-20(21-2)23-15-7-5-8-16(11-15)27-10-6-9-25-3;/h5,7-8,11-12H,6,9-10,13H2,1-4H3,(H2,21,22,23);1H. The van der Waals surface area contributed by atoms with Crippen molar-refractivity contribution in [3.8, 4) is 5.75 Å². The lowest BCUT2D eigenvalue weighted by Crippen LogP contribution is -2.30. The van der Waals surface area contributed by atoms with Gasteiger partial charge in [-0.05, 0) is 25.1 Å². The molecule has 0 saturated carbocycles. The van der Waals surface area contributed by atoms with Gasteiger partial charge in [-0.3, -0.25) is 4.99 Å². The van der Waals surface area contributed by atoms with Crippen molar-refractivity contribution in [2.75, 3.05) is 39.8 Å². The number of hydrogen-bond donors (Lipinski definition) is 2. The Morgan fingerprint density at radius 1 is 1.21 bits per heavy atom. The maximum Gasteiger partial charge on any atom is 0.341 e. The van der Waals surface area contributed by atoms with E-state index in [0.717, 1.165) is 17.9 Å². The summed E-state index contributed by atoms with van der Waals surface area (Å²) in [5, 5.41) is 6.34. The Morgan fingerprint density at radius 3 is 2.69 bits per heavy atom. The number of benzene rings is 1. The Bertz CT molecular complexity index is 807. The minimum Gasteiger partial charge on any atom is -0.493 e. The molecule has 1 aromatic heterocycles. The second kappa shape index (κ2) is 13.0. The number of anilines is 1. The molecule has 9 heteroatoms. The molecule has 160 valence electrons. The molecule has 0 unspecified atom stereocenters. The molecule has 8 nitrogen and oxygen atoms in total. The van der Waals surface area contributed by atoms with E-state index in [1.807, 2.05) is 24.3 Å². The number of esters is 1. The number of nitrogens with one attached hydrogen (secondary N) is 2. The number of methoxy groups -OCH3 is 2. The summed E-state index contributed by atoms with van der Waals surface area (Å²) in [6.07, 6.45) is 0.827. The molecule has 2 rings (SSSR count). The number of ether oxygens (including phenoxy) is 3. The molecule has 2 N–H and O–H groups in total.